The van der Waals surface area contributed by atoms with Crippen molar-refractivity contribution < 1.29 is 9.53 Å². The molecular weight excluding hydrogens is 416 g/mol. The number of likely N-dealkylation sites (tertiary alicyclic amines) is 2. The summed E-state index contributed by atoms with van der Waals surface area (Å²) in [5.74, 6) is 0. The van der Waals surface area contributed by atoms with Gasteiger partial charge in [-0.15, -0.1) is 0 Å². The third-order valence-corrected chi connectivity index (χ3v) is 7.09. The molecule has 0 aliphatic carbocycles. The second-order valence-electron chi connectivity index (χ2n) is 9.22. The number of aromatic nitrogens is 2. The van der Waals surface area contributed by atoms with E-state index in [0.29, 0.717) is 19.7 Å². The van der Waals surface area contributed by atoms with Crippen LogP contribution in [0.2, 0.25) is 0 Å². The molecule has 2 saturated heterocycles. The highest BCUT2D eigenvalue weighted by Gasteiger charge is 2.29. The summed E-state index contributed by atoms with van der Waals surface area (Å²) in [6, 6.07) is 18.6. The molecule has 0 bridgehead atoms. The van der Waals surface area contributed by atoms with E-state index in [1.165, 1.54) is 18.4 Å². The van der Waals surface area contributed by atoms with Gasteiger partial charge in [-0.1, -0.05) is 48.9 Å². The molecule has 2 fully saturated rings. The largest absolute Gasteiger partial charge is 0.448 e. The van der Waals surface area contributed by atoms with Gasteiger partial charge in [0.1, 0.15) is 6.61 Å². The number of benzene rings is 2. The van der Waals surface area contributed by atoms with Gasteiger partial charge in [0.05, 0.1) is 11.0 Å². The van der Waals surface area contributed by atoms with E-state index in [-0.39, 0.29) is 23.9 Å². The third kappa shape index (κ3) is 4.83. The fourth-order valence-electron chi connectivity index (χ4n) is 5.28. The van der Waals surface area contributed by atoms with Crippen molar-refractivity contribution in [2.45, 2.75) is 50.7 Å². The van der Waals surface area contributed by atoms with Gasteiger partial charge in [0, 0.05) is 31.7 Å². The van der Waals surface area contributed by atoms with E-state index in [0.717, 1.165) is 43.4 Å². The van der Waals surface area contributed by atoms with Gasteiger partial charge in [0.2, 0.25) is 0 Å². The Balaban J connectivity index is 1.15. The molecular formula is C26H32N4O3. The van der Waals surface area contributed by atoms with Crippen LogP contribution in [0.4, 0.5) is 4.79 Å². The van der Waals surface area contributed by atoms with Crippen LogP contribution in [0.25, 0.3) is 11.0 Å². The number of piperidine rings is 2. The van der Waals surface area contributed by atoms with Gasteiger partial charge in [-0.25, -0.2) is 9.59 Å². The summed E-state index contributed by atoms with van der Waals surface area (Å²) >= 11 is 0. The Labute approximate surface area is 193 Å². The molecule has 2 aliphatic rings. The molecule has 0 radical (unpaired) electrons. The Hall–Kier alpha value is -3.06. The van der Waals surface area contributed by atoms with Crippen LogP contribution in [0.3, 0.4) is 0 Å². The zero-order chi connectivity index (χ0) is 22.6. The highest BCUT2D eigenvalue weighted by atomic mass is 16.6. The van der Waals surface area contributed by atoms with Gasteiger partial charge in [-0.3, -0.25) is 9.47 Å². The molecule has 3 heterocycles. The third-order valence-electron chi connectivity index (χ3n) is 7.09. The first-order chi connectivity index (χ1) is 16.2. The Bertz CT molecular complexity index is 1130. The number of aromatic amines is 1. The van der Waals surface area contributed by atoms with Gasteiger partial charge in [0.25, 0.3) is 0 Å². The van der Waals surface area contributed by atoms with Crippen LogP contribution in [0.15, 0.2) is 59.4 Å². The van der Waals surface area contributed by atoms with E-state index < -0.39 is 0 Å². The Morgan fingerprint density at radius 1 is 0.939 bits per heavy atom. The van der Waals surface area contributed by atoms with Crippen molar-refractivity contribution in [2.24, 2.45) is 0 Å². The lowest BCUT2D eigenvalue weighted by molar-refractivity contribution is 0.0412. The van der Waals surface area contributed by atoms with Gasteiger partial charge in [0.15, 0.2) is 0 Å². The number of ether oxygens (including phenoxy) is 1. The van der Waals surface area contributed by atoms with Crippen molar-refractivity contribution in [1.82, 2.24) is 19.4 Å². The normalized spacial score (nSPS) is 20.2. The highest BCUT2D eigenvalue weighted by Crippen LogP contribution is 2.26. The van der Waals surface area contributed by atoms with Gasteiger partial charge in [-0.05, 0) is 49.9 Å². The summed E-state index contributed by atoms with van der Waals surface area (Å²) in [4.78, 5) is 32.5. The topological polar surface area (TPSA) is 70.6 Å². The Morgan fingerprint density at radius 2 is 1.70 bits per heavy atom. The molecule has 7 heteroatoms. The van der Waals surface area contributed by atoms with Crippen LogP contribution >= 0.6 is 0 Å². The van der Waals surface area contributed by atoms with Crippen LogP contribution in [0.5, 0.6) is 0 Å². The minimum absolute atomic E-state index is 0.0759. The molecule has 1 aromatic heterocycles. The van der Waals surface area contributed by atoms with E-state index in [1.807, 2.05) is 34.9 Å². The summed E-state index contributed by atoms with van der Waals surface area (Å²) in [5, 5.41) is 0. The lowest BCUT2D eigenvalue weighted by Gasteiger charge is -2.36. The van der Waals surface area contributed by atoms with Crippen molar-refractivity contribution in [3.63, 3.8) is 0 Å². The quantitative estimate of drug-likeness (QED) is 0.636. The smallest absolute Gasteiger partial charge is 0.409 e. The number of nitrogens with zero attached hydrogens (tertiary/aromatic N) is 3. The minimum atomic E-state index is -0.232. The molecule has 1 amide bonds. The molecule has 174 valence electrons. The van der Waals surface area contributed by atoms with Crippen LogP contribution < -0.4 is 5.69 Å². The van der Waals surface area contributed by atoms with E-state index in [1.54, 1.807) is 4.90 Å². The predicted molar refractivity (Wildman–Crippen MR) is 128 cm³/mol. The summed E-state index contributed by atoms with van der Waals surface area (Å²) in [6.07, 6.45) is 4.70. The average Bonchev–Trinajstić information content (AvgIpc) is 3.19. The van der Waals surface area contributed by atoms with Crippen molar-refractivity contribution >= 4 is 17.1 Å². The molecule has 5 rings (SSSR count). The van der Waals surface area contributed by atoms with E-state index in [9.17, 15) is 9.59 Å². The SMILES string of the molecule is O=C(OCC1CCCCN1Cc1ccccc1)N1CCC(n2c(=O)[nH]c3ccccc32)CC1. The predicted octanol–water partition coefficient (Wildman–Crippen LogP) is 4.16. The second kappa shape index (κ2) is 9.83. The Morgan fingerprint density at radius 3 is 2.52 bits per heavy atom. The number of para-hydroxylation sites is 2. The number of amides is 1. The molecule has 1 unspecified atom stereocenters. The summed E-state index contributed by atoms with van der Waals surface area (Å²) in [6.45, 7) is 3.59. The fraction of sp³-hybridized carbons (Fsp3) is 0.462. The van der Waals surface area contributed by atoms with Gasteiger partial charge in [-0.2, -0.15) is 0 Å². The van der Waals surface area contributed by atoms with Crippen molar-refractivity contribution in [3.8, 4) is 0 Å². The maximum atomic E-state index is 12.8. The lowest BCUT2D eigenvalue weighted by Crippen LogP contribution is -2.45. The van der Waals surface area contributed by atoms with Crippen LogP contribution in [0.1, 0.15) is 43.7 Å². The van der Waals surface area contributed by atoms with Crippen molar-refractivity contribution in [1.29, 1.82) is 0 Å². The fourth-order valence-corrected chi connectivity index (χ4v) is 5.28. The average molecular weight is 449 g/mol. The number of H-pyrrole nitrogens is 1. The number of carbonyl (C=O) groups is 1. The molecule has 0 saturated carbocycles. The zero-order valence-electron chi connectivity index (χ0n) is 19.0. The summed E-state index contributed by atoms with van der Waals surface area (Å²) in [7, 11) is 0. The standard InChI is InChI=1S/C26H32N4O3/c31-25-27-23-11-4-5-12-24(23)30(25)21-13-16-28(17-14-21)26(32)33-19-22-10-6-7-15-29(22)18-20-8-2-1-3-9-20/h1-5,8-9,11-12,21-22H,6-7,10,13-19H2,(H,27,31). The monoisotopic (exact) mass is 448 g/mol. The van der Waals surface area contributed by atoms with Crippen LogP contribution in [-0.4, -0.2) is 57.7 Å². The summed E-state index contributed by atoms with van der Waals surface area (Å²) < 4.78 is 7.63. The zero-order valence-corrected chi connectivity index (χ0v) is 19.0. The lowest BCUT2D eigenvalue weighted by atomic mass is 10.0. The van der Waals surface area contributed by atoms with Crippen molar-refractivity contribution in [2.75, 3.05) is 26.2 Å². The number of nitrogens with one attached hydrogen (secondary N) is 1. The van der Waals surface area contributed by atoms with Gasteiger partial charge >= 0.3 is 11.8 Å². The van der Waals surface area contributed by atoms with E-state index in [2.05, 4.69) is 34.1 Å². The molecule has 7 nitrogen and oxygen atoms in total. The first kappa shape index (κ1) is 21.8. The molecule has 1 atom stereocenters. The number of hydrogen-bond donors (Lipinski definition) is 1. The number of fused-ring (bicyclic) bond motifs is 1. The Kier molecular flexibility index (Phi) is 6.48. The molecule has 3 aromatic rings. The maximum absolute atomic E-state index is 12.8. The second-order valence-corrected chi connectivity index (χ2v) is 9.22. The molecule has 0 spiro atoms. The number of carbonyl (C=O) groups excluding carboxylic acids is 1. The highest BCUT2D eigenvalue weighted by molar-refractivity contribution is 5.75. The first-order valence-electron chi connectivity index (χ1n) is 12.1. The van der Waals surface area contributed by atoms with Crippen molar-refractivity contribution in [3.05, 3.63) is 70.6 Å². The van der Waals surface area contributed by atoms with E-state index in [4.69, 9.17) is 4.74 Å². The minimum Gasteiger partial charge on any atom is -0.448 e. The van der Waals surface area contributed by atoms with Crippen LogP contribution in [-0.2, 0) is 11.3 Å². The molecule has 2 aliphatic heterocycles. The summed E-state index contributed by atoms with van der Waals surface area (Å²) in [5.41, 5.74) is 3.01. The number of rotatable bonds is 5. The number of hydrogen-bond acceptors (Lipinski definition) is 4. The molecule has 2 aromatic carbocycles. The maximum Gasteiger partial charge on any atom is 0.409 e. The first-order valence-corrected chi connectivity index (χ1v) is 12.1. The van der Waals surface area contributed by atoms with Gasteiger partial charge < -0.3 is 14.6 Å². The van der Waals surface area contributed by atoms with Crippen LogP contribution in [0, 0.1) is 0 Å². The molecule has 1 N–H and O–H groups in total. The number of imidazole rings is 1. The van der Waals surface area contributed by atoms with E-state index >= 15 is 0 Å². The molecule has 33 heavy (non-hydrogen) atoms.